The first kappa shape index (κ1) is 14.9. The van der Waals surface area contributed by atoms with Crippen LogP contribution in [0.4, 0.5) is 0 Å². The number of hydrogen-bond acceptors (Lipinski definition) is 3. The number of carbonyl (C=O) groups excluding carboxylic acids is 1. The van der Waals surface area contributed by atoms with Crippen molar-refractivity contribution in [3.63, 3.8) is 0 Å². The molecule has 0 amide bonds. The lowest BCUT2D eigenvalue weighted by Crippen LogP contribution is -2.32. The molecule has 1 atom stereocenters. The van der Waals surface area contributed by atoms with Crippen molar-refractivity contribution in [2.24, 2.45) is 0 Å². The van der Waals surface area contributed by atoms with Crippen molar-refractivity contribution in [3.05, 3.63) is 35.0 Å². The number of hydrogen-bond donors (Lipinski definition) is 2. The molecular formula is C15H19ClN2O2. The van der Waals surface area contributed by atoms with E-state index in [-0.39, 0.29) is 18.4 Å². The van der Waals surface area contributed by atoms with Crippen molar-refractivity contribution < 1.29 is 9.53 Å². The molecule has 1 aliphatic rings. The van der Waals surface area contributed by atoms with Gasteiger partial charge in [0.15, 0.2) is 0 Å². The standard InChI is InChI=1S/C15H18N2O2.ClH/c1-3-19-15(18)11-6-4-5-10-12-8-16-9(2)7-13(12)17-14(10)11;/h4-6,9,16-17H,3,7-8H2,1-2H3;1H. The molecule has 5 heteroatoms. The van der Waals surface area contributed by atoms with Crippen LogP contribution in [0.5, 0.6) is 0 Å². The Morgan fingerprint density at radius 3 is 3.00 bits per heavy atom. The molecule has 0 bridgehead atoms. The summed E-state index contributed by atoms with van der Waals surface area (Å²) < 4.78 is 5.11. The molecule has 0 saturated heterocycles. The molecule has 2 aromatic rings. The lowest BCUT2D eigenvalue weighted by Gasteiger charge is -2.20. The van der Waals surface area contributed by atoms with E-state index < -0.39 is 0 Å². The molecule has 0 aliphatic carbocycles. The highest BCUT2D eigenvalue weighted by Crippen LogP contribution is 2.28. The molecule has 1 aliphatic heterocycles. The van der Waals surface area contributed by atoms with Gasteiger partial charge in [-0.25, -0.2) is 4.79 Å². The van der Waals surface area contributed by atoms with Crippen LogP contribution in [-0.4, -0.2) is 23.6 Å². The molecule has 20 heavy (non-hydrogen) atoms. The SMILES string of the molecule is CCOC(=O)c1cccc2c3c([nH]c12)CC(C)NC3.Cl. The summed E-state index contributed by atoms with van der Waals surface area (Å²) in [5.74, 6) is -0.257. The van der Waals surface area contributed by atoms with Gasteiger partial charge in [0.1, 0.15) is 0 Å². The molecule has 1 unspecified atom stereocenters. The Hall–Kier alpha value is -1.52. The summed E-state index contributed by atoms with van der Waals surface area (Å²) in [5.41, 5.74) is 4.04. The zero-order chi connectivity index (χ0) is 13.4. The average Bonchev–Trinajstić information content (AvgIpc) is 2.75. The highest BCUT2D eigenvalue weighted by atomic mass is 35.5. The van der Waals surface area contributed by atoms with Gasteiger partial charge in [-0.1, -0.05) is 12.1 Å². The Morgan fingerprint density at radius 1 is 1.45 bits per heavy atom. The molecule has 108 valence electrons. The minimum absolute atomic E-state index is 0. The number of para-hydroxylation sites is 1. The molecule has 1 aromatic carbocycles. The first-order chi connectivity index (χ1) is 9.20. The van der Waals surface area contributed by atoms with Crippen molar-refractivity contribution in [1.82, 2.24) is 10.3 Å². The lowest BCUT2D eigenvalue weighted by molar-refractivity contribution is 0.0528. The number of aromatic amines is 1. The second kappa shape index (κ2) is 5.85. The maximum Gasteiger partial charge on any atom is 0.340 e. The van der Waals surface area contributed by atoms with Gasteiger partial charge in [0.25, 0.3) is 0 Å². The van der Waals surface area contributed by atoms with Gasteiger partial charge in [0.2, 0.25) is 0 Å². The van der Waals surface area contributed by atoms with Gasteiger partial charge in [-0.3, -0.25) is 0 Å². The topological polar surface area (TPSA) is 54.1 Å². The number of esters is 1. The largest absolute Gasteiger partial charge is 0.462 e. The average molecular weight is 295 g/mol. The molecule has 1 aromatic heterocycles. The number of rotatable bonds is 2. The molecule has 2 N–H and O–H groups in total. The molecule has 0 fully saturated rings. The van der Waals surface area contributed by atoms with E-state index in [1.54, 1.807) is 0 Å². The second-order valence-corrected chi connectivity index (χ2v) is 5.02. The molecule has 0 saturated carbocycles. The van der Waals surface area contributed by atoms with Gasteiger partial charge < -0.3 is 15.0 Å². The Labute approximate surface area is 124 Å². The van der Waals surface area contributed by atoms with Crippen LogP contribution < -0.4 is 5.32 Å². The fourth-order valence-electron chi connectivity index (χ4n) is 2.74. The van der Waals surface area contributed by atoms with E-state index >= 15 is 0 Å². The van der Waals surface area contributed by atoms with Crippen LogP contribution >= 0.6 is 12.4 Å². The lowest BCUT2D eigenvalue weighted by atomic mass is 10.0. The minimum Gasteiger partial charge on any atom is -0.462 e. The maximum absolute atomic E-state index is 12.0. The summed E-state index contributed by atoms with van der Waals surface area (Å²) in [7, 11) is 0. The number of nitrogens with one attached hydrogen (secondary N) is 2. The predicted octanol–water partition coefficient (Wildman–Crippen LogP) is 2.80. The van der Waals surface area contributed by atoms with Crippen molar-refractivity contribution in [1.29, 1.82) is 0 Å². The fourth-order valence-corrected chi connectivity index (χ4v) is 2.74. The number of aromatic nitrogens is 1. The van der Waals surface area contributed by atoms with Crippen molar-refractivity contribution >= 4 is 29.3 Å². The second-order valence-electron chi connectivity index (χ2n) is 5.02. The van der Waals surface area contributed by atoms with E-state index in [0.29, 0.717) is 18.2 Å². The maximum atomic E-state index is 12.0. The molecule has 0 radical (unpaired) electrons. The predicted molar refractivity (Wildman–Crippen MR) is 81.5 cm³/mol. The first-order valence-corrected chi connectivity index (χ1v) is 6.73. The van der Waals surface area contributed by atoms with Crippen LogP contribution in [0.15, 0.2) is 18.2 Å². The summed E-state index contributed by atoms with van der Waals surface area (Å²) in [6.07, 6.45) is 0.965. The highest BCUT2D eigenvalue weighted by molar-refractivity contribution is 6.04. The van der Waals surface area contributed by atoms with Crippen LogP contribution in [0.1, 0.15) is 35.5 Å². The zero-order valence-corrected chi connectivity index (χ0v) is 12.5. The quantitative estimate of drug-likeness (QED) is 0.838. The van der Waals surface area contributed by atoms with E-state index in [2.05, 4.69) is 23.3 Å². The summed E-state index contributed by atoms with van der Waals surface area (Å²) in [4.78, 5) is 15.4. The normalized spacial score (nSPS) is 17.4. The van der Waals surface area contributed by atoms with Crippen LogP contribution in [-0.2, 0) is 17.7 Å². The Kier molecular flexibility index (Phi) is 4.35. The van der Waals surface area contributed by atoms with Gasteiger partial charge >= 0.3 is 5.97 Å². The number of H-pyrrole nitrogens is 1. The molecule has 0 spiro atoms. The van der Waals surface area contributed by atoms with Gasteiger partial charge in [0.05, 0.1) is 17.7 Å². The number of benzene rings is 1. The van der Waals surface area contributed by atoms with Gasteiger partial charge in [-0.15, -0.1) is 12.4 Å². The van der Waals surface area contributed by atoms with Gasteiger partial charge in [0, 0.05) is 30.1 Å². The van der Waals surface area contributed by atoms with Gasteiger partial charge in [-0.2, -0.15) is 0 Å². The zero-order valence-electron chi connectivity index (χ0n) is 11.7. The summed E-state index contributed by atoms with van der Waals surface area (Å²) in [5, 5.41) is 4.58. The number of ether oxygens (including phenoxy) is 1. The van der Waals surface area contributed by atoms with Crippen molar-refractivity contribution in [2.45, 2.75) is 32.9 Å². The van der Waals surface area contributed by atoms with Crippen molar-refractivity contribution in [2.75, 3.05) is 6.61 Å². The third-order valence-electron chi connectivity index (χ3n) is 3.66. The monoisotopic (exact) mass is 294 g/mol. The smallest absolute Gasteiger partial charge is 0.340 e. The van der Waals surface area contributed by atoms with E-state index in [1.165, 1.54) is 11.3 Å². The summed E-state index contributed by atoms with van der Waals surface area (Å²) in [6, 6.07) is 6.26. The van der Waals surface area contributed by atoms with Gasteiger partial charge in [-0.05, 0) is 25.5 Å². The van der Waals surface area contributed by atoms with Crippen LogP contribution in [0.2, 0.25) is 0 Å². The van der Waals surface area contributed by atoms with Crippen molar-refractivity contribution in [3.8, 4) is 0 Å². The fraction of sp³-hybridized carbons (Fsp3) is 0.400. The Balaban J connectivity index is 0.00000147. The van der Waals surface area contributed by atoms with Crippen LogP contribution in [0.3, 0.4) is 0 Å². The van der Waals surface area contributed by atoms with E-state index in [1.807, 2.05) is 19.1 Å². The summed E-state index contributed by atoms with van der Waals surface area (Å²) >= 11 is 0. The third-order valence-corrected chi connectivity index (χ3v) is 3.66. The Morgan fingerprint density at radius 2 is 2.25 bits per heavy atom. The first-order valence-electron chi connectivity index (χ1n) is 6.73. The van der Waals surface area contributed by atoms with E-state index in [4.69, 9.17) is 4.74 Å². The number of halogens is 1. The van der Waals surface area contributed by atoms with Crippen LogP contribution in [0, 0.1) is 0 Å². The minimum atomic E-state index is -0.257. The van der Waals surface area contributed by atoms with Crippen LogP contribution in [0.25, 0.3) is 10.9 Å². The summed E-state index contributed by atoms with van der Waals surface area (Å²) in [6.45, 7) is 5.24. The number of carbonyl (C=O) groups is 1. The van der Waals surface area contributed by atoms with E-state index in [0.717, 1.165) is 23.9 Å². The molecule has 3 rings (SSSR count). The number of fused-ring (bicyclic) bond motifs is 3. The molecule has 2 heterocycles. The Bertz CT molecular complexity index is 636. The third kappa shape index (κ3) is 2.41. The highest BCUT2D eigenvalue weighted by Gasteiger charge is 2.21. The molecule has 4 nitrogen and oxygen atoms in total. The molecular weight excluding hydrogens is 276 g/mol. The van der Waals surface area contributed by atoms with E-state index in [9.17, 15) is 4.79 Å².